The number of nitrogens with one attached hydrogen (secondary N) is 2. The van der Waals surface area contributed by atoms with Crippen molar-refractivity contribution in [1.29, 1.82) is 0 Å². The van der Waals surface area contributed by atoms with Crippen LogP contribution < -0.4 is 5.32 Å². The first-order chi connectivity index (χ1) is 10.1. The van der Waals surface area contributed by atoms with E-state index in [1.807, 2.05) is 13.1 Å². The van der Waals surface area contributed by atoms with Gasteiger partial charge >= 0.3 is 0 Å². The fourth-order valence-electron chi connectivity index (χ4n) is 3.06. The van der Waals surface area contributed by atoms with Crippen LogP contribution in [0.1, 0.15) is 51.3 Å². The average molecular weight is 419 g/mol. The van der Waals surface area contributed by atoms with Gasteiger partial charge < -0.3 is 10.2 Å². The maximum atomic E-state index is 4.80. The van der Waals surface area contributed by atoms with Gasteiger partial charge in [-0.1, -0.05) is 13.8 Å². The smallest absolute Gasteiger partial charge is 0.194 e. The third kappa shape index (κ3) is 4.36. The van der Waals surface area contributed by atoms with Gasteiger partial charge in [0.05, 0.1) is 12.7 Å². The molecule has 1 aromatic heterocycles. The van der Waals surface area contributed by atoms with Crippen molar-refractivity contribution >= 4 is 29.9 Å². The second-order valence-corrected chi connectivity index (χ2v) is 6.07. The zero-order valence-corrected chi connectivity index (χ0v) is 16.6. The van der Waals surface area contributed by atoms with Gasteiger partial charge in [0, 0.05) is 30.9 Å². The predicted octanol–water partition coefficient (Wildman–Crippen LogP) is 3.31. The van der Waals surface area contributed by atoms with Crippen molar-refractivity contribution in [3.8, 4) is 0 Å². The highest BCUT2D eigenvalue weighted by Crippen LogP contribution is 2.36. The number of guanidine groups is 1. The Morgan fingerprint density at radius 1 is 1.41 bits per heavy atom. The monoisotopic (exact) mass is 419 g/mol. The summed E-state index contributed by atoms with van der Waals surface area (Å²) in [7, 11) is 0. The minimum atomic E-state index is 0. The molecule has 0 aromatic carbocycles. The molecule has 22 heavy (non-hydrogen) atoms. The molecule has 1 saturated heterocycles. The van der Waals surface area contributed by atoms with E-state index in [1.165, 1.54) is 24.8 Å². The fraction of sp³-hybridized carbons (Fsp3) is 0.750. The molecule has 0 spiro atoms. The summed E-state index contributed by atoms with van der Waals surface area (Å²) in [5, 5.41) is 10.5. The number of H-pyrrole nitrogens is 1. The Kier molecular flexibility index (Phi) is 7.65. The Balaban J connectivity index is 0.00000242. The van der Waals surface area contributed by atoms with E-state index in [0.29, 0.717) is 12.0 Å². The van der Waals surface area contributed by atoms with Crippen molar-refractivity contribution in [1.82, 2.24) is 20.4 Å². The average Bonchev–Trinajstić information content (AvgIpc) is 3.11. The molecular weight excluding hydrogens is 389 g/mol. The molecule has 0 atom stereocenters. The van der Waals surface area contributed by atoms with Crippen molar-refractivity contribution in [3.05, 3.63) is 17.5 Å². The molecule has 0 saturated carbocycles. The highest BCUT2D eigenvalue weighted by atomic mass is 127. The van der Waals surface area contributed by atoms with Crippen molar-refractivity contribution in [2.75, 3.05) is 19.6 Å². The Labute approximate surface area is 151 Å². The van der Waals surface area contributed by atoms with E-state index < -0.39 is 0 Å². The summed E-state index contributed by atoms with van der Waals surface area (Å²) < 4.78 is 0. The largest absolute Gasteiger partial charge is 0.357 e. The zero-order chi connectivity index (χ0) is 15.3. The van der Waals surface area contributed by atoms with Crippen molar-refractivity contribution in [2.45, 2.75) is 53.5 Å². The van der Waals surface area contributed by atoms with E-state index >= 15 is 0 Å². The van der Waals surface area contributed by atoms with Crippen molar-refractivity contribution < 1.29 is 0 Å². The molecular formula is C16H30IN5. The number of halogens is 1. The number of aryl methyl sites for hydroxylation is 1. The summed E-state index contributed by atoms with van der Waals surface area (Å²) in [6.45, 7) is 12.6. The summed E-state index contributed by atoms with van der Waals surface area (Å²) in [5.74, 6) is 1.04. The third-order valence-electron chi connectivity index (χ3n) is 4.91. The van der Waals surface area contributed by atoms with Crippen LogP contribution in [0.3, 0.4) is 0 Å². The molecule has 6 heteroatoms. The summed E-state index contributed by atoms with van der Waals surface area (Å²) in [4.78, 5) is 7.23. The highest BCUT2D eigenvalue weighted by Gasteiger charge is 2.36. The van der Waals surface area contributed by atoms with Gasteiger partial charge in [-0.15, -0.1) is 24.0 Å². The van der Waals surface area contributed by atoms with Crippen LogP contribution in [0.2, 0.25) is 0 Å². The Bertz CT molecular complexity index is 479. The maximum Gasteiger partial charge on any atom is 0.194 e. The molecule has 1 aromatic rings. The molecule has 2 heterocycles. The number of nitrogens with zero attached hydrogens (tertiary/aromatic N) is 3. The fourth-order valence-corrected chi connectivity index (χ4v) is 3.06. The van der Waals surface area contributed by atoms with Crippen molar-refractivity contribution in [3.63, 3.8) is 0 Å². The number of likely N-dealkylation sites (tertiary alicyclic amines) is 1. The highest BCUT2D eigenvalue weighted by molar-refractivity contribution is 14.0. The zero-order valence-electron chi connectivity index (χ0n) is 14.3. The molecule has 5 nitrogen and oxygen atoms in total. The molecule has 2 N–H and O–H groups in total. The van der Waals surface area contributed by atoms with Crippen molar-refractivity contribution in [2.24, 2.45) is 10.4 Å². The van der Waals surface area contributed by atoms with E-state index in [9.17, 15) is 0 Å². The van der Waals surface area contributed by atoms with Crippen LogP contribution in [0.25, 0.3) is 0 Å². The van der Waals surface area contributed by atoms with Crippen LogP contribution in [0.5, 0.6) is 0 Å². The minimum absolute atomic E-state index is 0. The van der Waals surface area contributed by atoms with Crippen LogP contribution >= 0.6 is 24.0 Å². The first kappa shape index (κ1) is 19.3. The molecule has 0 bridgehead atoms. The van der Waals surface area contributed by atoms with E-state index in [4.69, 9.17) is 4.99 Å². The first-order valence-corrected chi connectivity index (χ1v) is 8.16. The standard InChI is InChI=1S/C16H29N5.HI/c1-5-16(6-2)8-9-21(12-16)15(17-7-3)18-10-14-11-19-20-13(14)4;/h11H,5-10,12H2,1-4H3,(H,17,18)(H,19,20);1H. The lowest BCUT2D eigenvalue weighted by Gasteiger charge is -2.28. The van der Waals surface area contributed by atoms with E-state index in [2.05, 4.69) is 41.2 Å². The summed E-state index contributed by atoms with van der Waals surface area (Å²) >= 11 is 0. The van der Waals surface area contributed by atoms with E-state index in [0.717, 1.165) is 31.3 Å². The lowest BCUT2D eigenvalue weighted by molar-refractivity contribution is 0.276. The lowest BCUT2D eigenvalue weighted by atomic mass is 9.82. The lowest BCUT2D eigenvalue weighted by Crippen LogP contribution is -2.41. The van der Waals surface area contributed by atoms with Gasteiger partial charge in [0.2, 0.25) is 0 Å². The molecule has 1 fully saturated rings. The number of aliphatic imine (C=N–C) groups is 1. The molecule has 0 radical (unpaired) electrons. The first-order valence-electron chi connectivity index (χ1n) is 8.16. The third-order valence-corrected chi connectivity index (χ3v) is 4.91. The molecule has 126 valence electrons. The van der Waals surface area contributed by atoms with Gasteiger partial charge in [-0.2, -0.15) is 5.10 Å². The van der Waals surface area contributed by atoms with Crippen LogP contribution in [0, 0.1) is 12.3 Å². The number of aromatic nitrogens is 2. The van der Waals surface area contributed by atoms with Gasteiger partial charge in [0.1, 0.15) is 0 Å². The van der Waals surface area contributed by atoms with Gasteiger partial charge in [-0.3, -0.25) is 5.10 Å². The van der Waals surface area contributed by atoms with E-state index in [-0.39, 0.29) is 24.0 Å². The van der Waals surface area contributed by atoms with Gasteiger partial charge in [0.15, 0.2) is 5.96 Å². The van der Waals surface area contributed by atoms with Crippen LogP contribution in [0.4, 0.5) is 0 Å². The second kappa shape index (κ2) is 8.74. The van der Waals surface area contributed by atoms with Gasteiger partial charge in [-0.05, 0) is 38.5 Å². The topological polar surface area (TPSA) is 56.3 Å². The molecule has 1 aliphatic heterocycles. The Morgan fingerprint density at radius 2 is 2.14 bits per heavy atom. The van der Waals surface area contributed by atoms with E-state index in [1.54, 1.807) is 0 Å². The number of rotatable bonds is 5. The molecule has 0 aliphatic carbocycles. The summed E-state index contributed by atoms with van der Waals surface area (Å²) in [5.41, 5.74) is 2.75. The number of aromatic amines is 1. The summed E-state index contributed by atoms with van der Waals surface area (Å²) in [6, 6.07) is 0. The minimum Gasteiger partial charge on any atom is -0.357 e. The SMILES string of the molecule is CCNC(=NCc1cn[nH]c1C)N1CCC(CC)(CC)C1.I. The van der Waals surface area contributed by atoms with Crippen LogP contribution in [-0.4, -0.2) is 40.7 Å². The second-order valence-electron chi connectivity index (χ2n) is 6.07. The Hall–Kier alpha value is -0.790. The quantitative estimate of drug-likeness (QED) is 0.438. The van der Waals surface area contributed by atoms with Gasteiger partial charge in [0.25, 0.3) is 0 Å². The molecule has 0 amide bonds. The van der Waals surface area contributed by atoms with Crippen LogP contribution in [0.15, 0.2) is 11.2 Å². The molecule has 0 unspecified atom stereocenters. The molecule has 2 rings (SSSR count). The predicted molar refractivity (Wildman–Crippen MR) is 103 cm³/mol. The number of hydrogen-bond acceptors (Lipinski definition) is 2. The normalized spacial score (nSPS) is 17.5. The molecule has 1 aliphatic rings. The summed E-state index contributed by atoms with van der Waals surface area (Å²) in [6.07, 6.45) is 5.64. The number of hydrogen-bond donors (Lipinski definition) is 2. The Morgan fingerprint density at radius 3 is 2.64 bits per heavy atom. The van der Waals surface area contributed by atoms with Gasteiger partial charge in [-0.25, -0.2) is 4.99 Å². The maximum absolute atomic E-state index is 4.80. The van der Waals surface area contributed by atoms with Crippen LogP contribution in [-0.2, 0) is 6.54 Å².